The smallest absolute Gasteiger partial charge is 0.410 e. The van der Waals surface area contributed by atoms with Crippen LogP contribution in [0.5, 0.6) is 0 Å². The number of hydrogen-bond acceptors (Lipinski definition) is 9. The van der Waals surface area contributed by atoms with Crippen LogP contribution in [0.4, 0.5) is 4.79 Å². The molecule has 1 saturated heterocycles. The number of carbonyl (C=O) groups excluding carboxylic acids is 5. The molecule has 3 aliphatic rings. The summed E-state index contributed by atoms with van der Waals surface area (Å²) in [5, 5.41) is 10.0. The maximum atomic E-state index is 14.7. The maximum absolute atomic E-state index is 14.7. The minimum atomic E-state index is -1.04. The van der Waals surface area contributed by atoms with E-state index in [-0.39, 0.29) is 66.8 Å². The van der Waals surface area contributed by atoms with E-state index in [1.54, 1.807) is 37.9 Å². The average Bonchev–Trinajstić information content (AvgIpc) is 3.64. The number of ketones is 2. The SMILES string of the molecule is CCC(C)[C@@H](C(CC(=O)N1CCC[C@H]1[C@H](OC)[C@@H](C)C(=O)C[C@@H](Cc1ccccc1)C(=O)O)OC)N(C)C(=O)[C@@H](CC(=O)[C@H](C(C)C)N(C)C(=O)OCC1[C@H]2CCC#CCC[C@@H]12)C(C)C. The van der Waals surface area contributed by atoms with Crippen LogP contribution >= 0.6 is 0 Å². The summed E-state index contributed by atoms with van der Waals surface area (Å²) in [6.45, 7) is 14.2. The molecular weight excluding hydrogens is 827 g/mol. The number of likely N-dealkylation sites (N-methyl/N-ethyl adjacent to an activating group) is 2. The first kappa shape index (κ1) is 53.3. The number of aliphatic carboxylic acids is 1. The summed E-state index contributed by atoms with van der Waals surface area (Å²) in [5.41, 5.74) is 0.838. The van der Waals surface area contributed by atoms with Crippen LogP contribution in [-0.2, 0) is 44.6 Å². The van der Waals surface area contributed by atoms with Crippen LogP contribution in [0.25, 0.3) is 0 Å². The number of carboxylic acids is 1. The van der Waals surface area contributed by atoms with E-state index in [1.807, 2.05) is 71.9 Å². The summed E-state index contributed by atoms with van der Waals surface area (Å²) in [5.74, 6) is 3.13. The van der Waals surface area contributed by atoms with Gasteiger partial charge in [-0.25, -0.2) is 4.79 Å². The lowest BCUT2D eigenvalue weighted by molar-refractivity contribution is -0.149. The van der Waals surface area contributed by atoms with Crippen molar-refractivity contribution in [3.05, 3.63) is 35.9 Å². The lowest BCUT2D eigenvalue weighted by atomic mass is 9.83. The maximum Gasteiger partial charge on any atom is 0.410 e. The Kier molecular flexibility index (Phi) is 20.5. The highest BCUT2D eigenvalue weighted by atomic mass is 16.6. The molecule has 13 nitrogen and oxygen atoms in total. The number of carbonyl (C=O) groups is 6. The molecule has 4 rings (SSSR count). The zero-order valence-electron chi connectivity index (χ0n) is 41.1. The summed E-state index contributed by atoms with van der Waals surface area (Å²) in [7, 11) is 6.39. The quantitative estimate of drug-likeness (QED) is 0.0970. The van der Waals surface area contributed by atoms with Crippen molar-refractivity contribution in [1.82, 2.24) is 14.7 Å². The predicted molar refractivity (Wildman–Crippen MR) is 249 cm³/mol. The summed E-state index contributed by atoms with van der Waals surface area (Å²) >= 11 is 0. The lowest BCUT2D eigenvalue weighted by Crippen LogP contribution is -2.54. The second kappa shape index (κ2) is 25.0. The number of Topliss-reactive ketones (excluding diaryl/α,β-unsaturated/α-hetero) is 2. The summed E-state index contributed by atoms with van der Waals surface area (Å²) in [6, 6.07) is 7.53. The van der Waals surface area contributed by atoms with E-state index in [2.05, 4.69) is 11.8 Å². The van der Waals surface area contributed by atoms with Gasteiger partial charge in [0.2, 0.25) is 11.8 Å². The molecule has 1 saturated carbocycles. The fraction of sp³-hybridized carbons (Fsp3) is 0.731. The molecule has 1 aromatic carbocycles. The molecular formula is C52H79N3O10. The summed E-state index contributed by atoms with van der Waals surface area (Å²) in [4.78, 5) is 87.5. The Morgan fingerprint density at radius 2 is 1.45 bits per heavy atom. The highest BCUT2D eigenvalue weighted by molar-refractivity contribution is 5.92. The van der Waals surface area contributed by atoms with Crippen molar-refractivity contribution in [3.8, 4) is 11.8 Å². The Bertz CT molecular complexity index is 1810. The van der Waals surface area contributed by atoms with Gasteiger partial charge in [0.25, 0.3) is 0 Å². The molecule has 65 heavy (non-hydrogen) atoms. The number of carboxylic acid groups (broad SMARTS) is 1. The Hall–Kier alpha value is -4.28. The van der Waals surface area contributed by atoms with Gasteiger partial charge in [-0.1, -0.05) is 85.2 Å². The molecule has 1 aromatic rings. The van der Waals surface area contributed by atoms with Crippen molar-refractivity contribution in [3.63, 3.8) is 0 Å². The third-order valence-electron chi connectivity index (χ3n) is 14.9. The zero-order chi connectivity index (χ0) is 48.1. The van der Waals surface area contributed by atoms with E-state index in [0.717, 1.165) is 31.2 Å². The monoisotopic (exact) mass is 906 g/mol. The minimum Gasteiger partial charge on any atom is -0.481 e. The number of fused-ring (bicyclic) bond motifs is 1. The van der Waals surface area contributed by atoms with E-state index in [4.69, 9.17) is 14.2 Å². The average molecular weight is 906 g/mol. The first-order valence-electron chi connectivity index (χ1n) is 24.2. The first-order valence-corrected chi connectivity index (χ1v) is 24.2. The molecule has 2 fully saturated rings. The molecule has 12 atom stereocenters. The van der Waals surface area contributed by atoms with Gasteiger partial charge >= 0.3 is 12.1 Å². The molecule has 0 aromatic heterocycles. The number of nitrogens with zero attached hydrogens (tertiary/aromatic N) is 3. The summed E-state index contributed by atoms with van der Waals surface area (Å²) < 4.78 is 17.8. The topological polar surface area (TPSA) is 160 Å². The van der Waals surface area contributed by atoms with E-state index >= 15 is 0 Å². The third kappa shape index (κ3) is 13.9. The molecule has 13 heteroatoms. The van der Waals surface area contributed by atoms with Gasteiger partial charge in [0.1, 0.15) is 5.78 Å². The van der Waals surface area contributed by atoms with Crippen LogP contribution < -0.4 is 0 Å². The standard InChI is InChI=1S/C52H79N3O10/c1-12-34(6)48(45(63-10)30-46(58)55-26-20-25-42(55)49(64-11)35(7)43(56)28-37(51(60)61)27-36-21-16-15-17-22-36)53(8)50(59)40(32(2)3)29-44(57)47(33(4)5)54(9)52(62)65-31-41-38-23-18-13-14-19-24-39(38)41/h15-17,21-22,32-35,37-42,45,47-49H,12,18-20,23-31H2,1-11H3,(H,60,61)/t34?,35-,37+,38-,39+,40-,41?,42-,45?,47-,48-,49+/m0/s1. The Morgan fingerprint density at radius 3 is 1.98 bits per heavy atom. The second-order valence-electron chi connectivity index (χ2n) is 19.8. The van der Waals surface area contributed by atoms with Gasteiger partial charge in [0.15, 0.2) is 5.78 Å². The van der Waals surface area contributed by atoms with Crippen molar-refractivity contribution in [2.45, 2.75) is 149 Å². The summed E-state index contributed by atoms with van der Waals surface area (Å²) in [6.07, 6.45) is 3.91. The predicted octanol–water partition coefficient (Wildman–Crippen LogP) is 7.57. The lowest BCUT2D eigenvalue weighted by Gasteiger charge is -2.41. The second-order valence-corrected chi connectivity index (χ2v) is 19.8. The van der Waals surface area contributed by atoms with Crippen LogP contribution in [-0.4, -0.2) is 127 Å². The first-order chi connectivity index (χ1) is 30.9. The van der Waals surface area contributed by atoms with Crippen molar-refractivity contribution in [1.29, 1.82) is 0 Å². The minimum absolute atomic E-state index is 0.0275. The molecule has 2 aliphatic carbocycles. The van der Waals surface area contributed by atoms with Gasteiger partial charge in [-0.2, -0.15) is 0 Å². The van der Waals surface area contributed by atoms with Crippen LogP contribution in [0, 0.1) is 65.1 Å². The number of likely N-dealkylation sites (tertiary alicyclic amines) is 1. The molecule has 362 valence electrons. The van der Waals surface area contributed by atoms with E-state index in [1.165, 1.54) is 12.0 Å². The van der Waals surface area contributed by atoms with Crippen LogP contribution in [0.15, 0.2) is 30.3 Å². The number of amides is 3. The van der Waals surface area contributed by atoms with Crippen LogP contribution in [0.2, 0.25) is 0 Å². The van der Waals surface area contributed by atoms with E-state index in [9.17, 15) is 33.9 Å². The Morgan fingerprint density at radius 1 is 0.815 bits per heavy atom. The van der Waals surface area contributed by atoms with Crippen molar-refractivity contribution < 1.29 is 48.1 Å². The zero-order valence-corrected chi connectivity index (χ0v) is 41.1. The fourth-order valence-electron chi connectivity index (χ4n) is 10.8. The largest absolute Gasteiger partial charge is 0.481 e. The number of hydrogen-bond donors (Lipinski definition) is 1. The third-order valence-corrected chi connectivity index (χ3v) is 14.9. The van der Waals surface area contributed by atoms with Gasteiger partial charge in [-0.05, 0) is 73.2 Å². The van der Waals surface area contributed by atoms with E-state index < -0.39 is 60.1 Å². The van der Waals surface area contributed by atoms with Crippen molar-refractivity contribution >= 4 is 35.4 Å². The Labute approximate surface area is 389 Å². The molecule has 0 spiro atoms. The molecule has 0 bridgehead atoms. The fourth-order valence-corrected chi connectivity index (χ4v) is 10.8. The normalized spacial score (nSPS) is 22.9. The number of methoxy groups -OCH3 is 2. The van der Waals surface area contributed by atoms with Gasteiger partial charge in [-0.15, -0.1) is 11.8 Å². The van der Waals surface area contributed by atoms with Crippen molar-refractivity contribution in [2.75, 3.05) is 41.5 Å². The van der Waals surface area contributed by atoms with Crippen LogP contribution in [0.3, 0.4) is 0 Å². The highest BCUT2D eigenvalue weighted by Gasteiger charge is 2.50. The molecule has 1 N–H and O–H groups in total. The number of benzene rings is 1. The van der Waals surface area contributed by atoms with E-state index in [0.29, 0.717) is 50.2 Å². The highest BCUT2D eigenvalue weighted by Crippen LogP contribution is 2.52. The molecule has 1 aliphatic heterocycles. The van der Waals surface area contributed by atoms with Crippen LogP contribution in [0.1, 0.15) is 118 Å². The van der Waals surface area contributed by atoms with Gasteiger partial charge < -0.3 is 34.0 Å². The molecule has 3 amide bonds. The number of rotatable bonds is 25. The van der Waals surface area contributed by atoms with Crippen molar-refractivity contribution in [2.24, 2.45) is 53.3 Å². The molecule has 3 unspecified atom stereocenters. The van der Waals surface area contributed by atoms with Gasteiger partial charge in [0, 0.05) is 72.4 Å². The van der Waals surface area contributed by atoms with Gasteiger partial charge in [-0.3, -0.25) is 24.0 Å². The number of ether oxygens (including phenoxy) is 3. The van der Waals surface area contributed by atoms with Gasteiger partial charge in [0.05, 0.1) is 49.3 Å². The Balaban J connectivity index is 1.43. The molecule has 1 heterocycles. The molecule has 0 radical (unpaired) electrons.